The van der Waals surface area contributed by atoms with Crippen LogP contribution in [0.5, 0.6) is 0 Å². The van der Waals surface area contributed by atoms with E-state index in [1.165, 1.54) is 0 Å². The van der Waals surface area contributed by atoms with Crippen LogP contribution in [0.2, 0.25) is 0 Å². The highest BCUT2D eigenvalue weighted by Gasteiger charge is 2.28. The fourth-order valence-corrected chi connectivity index (χ4v) is 4.73. The molecule has 2 saturated heterocycles. The van der Waals surface area contributed by atoms with Crippen LogP contribution in [-0.4, -0.2) is 80.6 Å². The molecule has 0 aromatic rings. The summed E-state index contributed by atoms with van der Waals surface area (Å²) < 4.78 is 22.8. The highest BCUT2D eigenvalue weighted by atomic mass is 32.2. The molecule has 0 aromatic heterocycles. The van der Waals surface area contributed by atoms with Crippen LogP contribution >= 0.6 is 0 Å². The summed E-state index contributed by atoms with van der Waals surface area (Å²) >= 11 is 0. The molecule has 118 valence electrons. The van der Waals surface area contributed by atoms with Gasteiger partial charge in [-0.05, 0) is 27.2 Å². The molecule has 0 aliphatic carbocycles. The van der Waals surface area contributed by atoms with Gasteiger partial charge in [0.1, 0.15) is 0 Å². The van der Waals surface area contributed by atoms with Crippen molar-refractivity contribution in [2.75, 3.05) is 50.8 Å². The van der Waals surface area contributed by atoms with Gasteiger partial charge < -0.3 is 5.32 Å². The second-order valence-electron chi connectivity index (χ2n) is 7.05. The molecule has 5 nitrogen and oxygen atoms in total. The van der Waals surface area contributed by atoms with E-state index in [9.17, 15) is 8.42 Å². The predicted octanol–water partition coefficient (Wildman–Crippen LogP) is 0.179. The lowest BCUT2D eigenvalue weighted by atomic mass is 10.1. The SMILES string of the molecule is CC(C)(C)N1CCN(CCNC2CCS(=O)(=O)C2)CC1. The van der Waals surface area contributed by atoms with Crippen molar-refractivity contribution in [3.63, 3.8) is 0 Å². The van der Waals surface area contributed by atoms with Gasteiger partial charge in [-0.1, -0.05) is 0 Å². The van der Waals surface area contributed by atoms with Crippen LogP contribution in [-0.2, 0) is 9.84 Å². The average Bonchev–Trinajstić information content (AvgIpc) is 2.68. The first-order valence-electron chi connectivity index (χ1n) is 7.67. The van der Waals surface area contributed by atoms with Crippen LogP contribution in [0.4, 0.5) is 0 Å². The van der Waals surface area contributed by atoms with Crippen LogP contribution in [0.1, 0.15) is 27.2 Å². The Bertz CT molecular complexity index is 409. The second-order valence-corrected chi connectivity index (χ2v) is 9.28. The number of hydrogen-bond donors (Lipinski definition) is 1. The molecule has 20 heavy (non-hydrogen) atoms. The molecule has 0 radical (unpaired) electrons. The zero-order valence-corrected chi connectivity index (χ0v) is 13.9. The molecule has 2 heterocycles. The number of piperazine rings is 1. The van der Waals surface area contributed by atoms with E-state index >= 15 is 0 Å². The minimum atomic E-state index is -2.76. The van der Waals surface area contributed by atoms with Gasteiger partial charge in [-0.25, -0.2) is 8.42 Å². The lowest BCUT2D eigenvalue weighted by Gasteiger charge is -2.42. The number of hydrogen-bond acceptors (Lipinski definition) is 5. The molecule has 0 aromatic carbocycles. The molecule has 1 atom stereocenters. The zero-order chi connectivity index (χ0) is 14.8. The molecule has 0 amide bonds. The third-order valence-electron chi connectivity index (χ3n) is 4.41. The van der Waals surface area contributed by atoms with Gasteiger partial charge in [0.25, 0.3) is 0 Å². The minimum absolute atomic E-state index is 0.177. The Labute approximate surface area is 123 Å². The maximum Gasteiger partial charge on any atom is 0.151 e. The van der Waals surface area contributed by atoms with Gasteiger partial charge in [-0.15, -0.1) is 0 Å². The third kappa shape index (κ3) is 4.69. The zero-order valence-electron chi connectivity index (χ0n) is 13.1. The summed E-state index contributed by atoms with van der Waals surface area (Å²) in [5.74, 6) is 0.680. The van der Waals surface area contributed by atoms with Crippen molar-refractivity contribution in [1.82, 2.24) is 15.1 Å². The van der Waals surface area contributed by atoms with Crippen molar-refractivity contribution < 1.29 is 8.42 Å². The summed E-state index contributed by atoms with van der Waals surface area (Å²) in [5.41, 5.74) is 0.266. The predicted molar refractivity (Wildman–Crippen MR) is 82.8 cm³/mol. The van der Waals surface area contributed by atoms with Gasteiger partial charge in [0, 0.05) is 50.8 Å². The first-order chi connectivity index (χ1) is 9.26. The van der Waals surface area contributed by atoms with E-state index in [0.717, 1.165) is 45.7 Å². The number of nitrogens with zero attached hydrogens (tertiary/aromatic N) is 2. The molecule has 2 aliphatic heterocycles. The van der Waals surface area contributed by atoms with Crippen molar-refractivity contribution >= 4 is 9.84 Å². The summed E-state index contributed by atoms with van der Waals surface area (Å²) in [7, 11) is -2.76. The summed E-state index contributed by atoms with van der Waals surface area (Å²) in [5, 5.41) is 3.39. The van der Waals surface area contributed by atoms with Gasteiger partial charge in [-0.3, -0.25) is 9.80 Å². The summed E-state index contributed by atoms with van der Waals surface area (Å²) in [4.78, 5) is 5.00. The first-order valence-corrected chi connectivity index (χ1v) is 9.50. The smallest absolute Gasteiger partial charge is 0.151 e. The van der Waals surface area contributed by atoms with Gasteiger partial charge >= 0.3 is 0 Å². The fraction of sp³-hybridized carbons (Fsp3) is 1.00. The lowest BCUT2D eigenvalue weighted by molar-refractivity contribution is 0.0626. The number of sulfone groups is 1. The molecule has 0 saturated carbocycles. The molecular formula is C14H29N3O2S. The largest absolute Gasteiger partial charge is 0.312 e. The van der Waals surface area contributed by atoms with Gasteiger partial charge in [-0.2, -0.15) is 0 Å². The summed E-state index contributed by atoms with van der Waals surface area (Å²) in [6.45, 7) is 13.2. The summed E-state index contributed by atoms with van der Waals surface area (Å²) in [6.07, 6.45) is 0.778. The fourth-order valence-electron chi connectivity index (χ4n) is 3.03. The van der Waals surface area contributed by atoms with Gasteiger partial charge in [0.2, 0.25) is 0 Å². The highest BCUT2D eigenvalue weighted by Crippen LogP contribution is 2.15. The van der Waals surface area contributed by atoms with Crippen LogP contribution in [0, 0.1) is 0 Å². The topological polar surface area (TPSA) is 52.6 Å². The first kappa shape index (κ1) is 16.2. The Morgan fingerprint density at radius 2 is 1.80 bits per heavy atom. The number of rotatable bonds is 4. The van der Waals surface area contributed by atoms with Gasteiger partial charge in [0.15, 0.2) is 9.84 Å². The highest BCUT2D eigenvalue weighted by molar-refractivity contribution is 7.91. The Hall–Kier alpha value is -0.170. The maximum atomic E-state index is 11.4. The van der Waals surface area contributed by atoms with Crippen molar-refractivity contribution in [2.24, 2.45) is 0 Å². The quantitative estimate of drug-likeness (QED) is 0.803. The van der Waals surface area contributed by atoms with Crippen molar-refractivity contribution in [3.8, 4) is 0 Å². The van der Waals surface area contributed by atoms with Crippen LogP contribution in [0.15, 0.2) is 0 Å². The second kappa shape index (κ2) is 6.30. The van der Waals surface area contributed by atoms with Crippen molar-refractivity contribution in [2.45, 2.75) is 38.8 Å². The van der Waals surface area contributed by atoms with Crippen molar-refractivity contribution in [1.29, 1.82) is 0 Å². The Kier molecular flexibility index (Phi) is 5.10. The van der Waals surface area contributed by atoms with E-state index in [2.05, 4.69) is 35.9 Å². The van der Waals surface area contributed by atoms with E-state index in [-0.39, 0.29) is 11.6 Å². The van der Waals surface area contributed by atoms with E-state index in [4.69, 9.17) is 0 Å². The Balaban J connectivity index is 1.62. The standard InChI is InChI=1S/C14H29N3O2S/c1-14(2,3)17-9-7-16(8-10-17)6-5-15-13-4-11-20(18,19)12-13/h13,15H,4-12H2,1-3H3. The Morgan fingerprint density at radius 1 is 1.15 bits per heavy atom. The normalized spacial score (nSPS) is 28.9. The average molecular weight is 303 g/mol. The third-order valence-corrected chi connectivity index (χ3v) is 6.18. The molecule has 1 unspecified atom stereocenters. The number of nitrogens with one attached hydrogen (secondary N) is 1. The van der Waals surface area contributed by atoms with E-state index in [1.54, 1.807) is 0 Å². The van der Waals surface area contributed by atoms with E-state index in [0.29, 0.717) is 11.5 Å². The molecular weight excluding hydrogens is 274 g/mol. The van der Waals surface area contributed by atoms with Crippen molar-refractivity contribution in [3.05, 3.63) is 0 Å². The van der Waals surface area contributed by atoms with E-state index < -0.39 is 9.84 Å². The van der Waals surface area contributed by atoms with Crippen LogP contribution in [0.25, 0.3) is 0 Å². The molecule has 6 heteroatoms. The monoisotopic (exact) mass is 303 g/mol. The van der Waals surface area contributed by atoms with E-state index in [1.807, 2.05) is 0 Å². The molecule has 0 spiro atoms. The van der Waals surface area contributed by atoms with Crippen LogP contribution < -0.4 is 5.32 Å². The van der Waals surface area contributed by atoms with Gasteiger partial charge in [0.05, 0.1) is 11.5 Å². The summed E-state index contributed by atoms with van der Waals surface area (Å²) in [6, 6.07) is 0.177. The van der Waals surface area contributed by atoms with Crippen LogP contribution in [0.3, 0.4) is 0 Å². The lowest BCUT2D eigenvalue weighted by Crippen LogP contribution is -2.54. The molecule has 1 N–H and O–H groups in total. The Morgan fingerprint density at radius 3 is 2.30 bits per heavy atom. The maximum absolute atomic E-state index is 11.4. The molecule has 0 bridgehead atoms. The molecule has 2 fully saturated rings. The molecule has 2 rings (SSSR count). The minimum Gasteiger partial charge on any atom is -0.312 e. The molecule has 2 aliphatic rings.